The summed E-state index contributed by atoms with van der Waals surface area (Å²) >= 11 is 0. The third kappa shape index (κ3) is 4.95. The van der Waals surface area contributed by atoms with Crippen molar-refractivity contribution >= 4 is 29.9 Å². The molecular formula is C13H22IN3O3. The number of guanidine groups is 1. The minimum Gasteiger partial charge on any atom is -0.467 e. The molecule has 7 heteroatoms. The molecule has 1 saturated heterocycles. The van der Waals surface area contributed by atoms with Crippen molar-refractivity contribution in [3.05, 3.63) is 24.2 Å². The van der Waals surface area contributed by atoms with E-state index in [2.05, 4.69) is 15.2 Å². The number of halogens is 1. The van der Waals surface area contributed by atoms with E-state index >= 15 is 0 Å². The maximum absolute atomic E-state index is 5.63. The Morgan fingerprint density at radius 2 is 2.45 bits per heavy atom. The zero-order valence-corrected chi connectivity index (χ0v) is 14.2. The average molecular weight is 395 g/mol. The molecule has 0 radical (unpaired) electrons. The average Bonchev–Trinajstić information content (AvgIpc) is 2.94. The van der Waals surface area contributed by atoms with Crippen LogP contribution in [0.3, 0.4) is 0 Å². The van der Waals surface area contributed by atoms with Gasteiger partial charge in [0.05, 0.1) is 32.1 Å². The molecule has 0 aromatic carbocycles. The summed E-state index contributed by atoms with van der Waals surface area (Å²) in [5.74, 6) is 1.75. The first-order chi connectivity index (χ1) is 9.33. The van der Waals surface area contributed by atoms with Crippen molar-refractivity contribution in [2.45, 2.75) is 12.6 Å². The fraction of sp³-hybridized carbons (Fsp3) is 0.615. The summed E-state index contributed by atoms with van der Waals surface area (Å²) in [6.07, 6.45) is 1.77. The highest BCUT2D eigenvalue weighted by atomic mass is 127. The Morgan fingerprint density at radius 3 is 3.10 bits per heavy atom. The van der Waals surface area contributed by atoms with E-state index < -0.39 is 0 Å². The van der Waals surface area contributed by atoms with Crippen LogP contribution in [0.25, 0.3) is 0 Å². The standard InChI is InChI=1S/C13H21N3O3.HI/c1-14-13(15-8-11-4-3-6-18-11)16-5-7-19-12(9-16)10-17-2;/h3-4,6,12H,5,7-10H2,1-2H3,(H,14,15);1H. The lowest BCUT2D eigenvalue weighted by molar-refractivity contribution is -0.0447. The Morgan fingerprint density at radius 1 is 1.60 bits per heavy atom. The van der Waals surface area contributed by atoms with E-state index in [1.807, 2.05) is 12.1 Å². The fourth-order valence-corrected chi connectivity index (χ4v) is 2.11. The molecule has 1 aromatic heterocycles. The quantitative estimate of drug-likeness (QED) is 0.474. The second-order valence-corrected chi connectivity index (χ2v) is 4.37. The van der Waals surface area contributed by atoms with Crippen LogP contribution in [0, 0.1) is 0 Å². The van der Waals surface area contributed by atoms with E-state index in [1.54, 1.807) is 20.4 Å². The number of nitrogens with one attached hydrogen (secondary N) is 1. The van der Waals surface area contributed by atoms with Gasteiger partial charge in [-0.25, -0.2) is 0 Å². The molecule has 1 fully saturated rings. The van der Waals surface area contributed by atoms with Crippen molar-refractivity contribution in [1.29, 1.82) is 0 Å². The predicted octanol–water partition coefficient (Wildman–Crippen LogP) is 1.32. The summed E-state index contributed by atoms with van der Waals surface area (Å²) in [6, 6.07) is 3.82. The minimum atomic E-state index is 0. The van der Waals surface area contributed by atoms with Crippen LogP contribution in [0.4, 0.5) is 0 Å². The lowest BCUT2D eigenvalue weighted by Gasteiger charge is -2.34. The molecule has 0 amide bonds. The largest absolute Gasteiger partial charge is 0.467 e. The molecule has 114 valence electrons. The lowest BCUT2D eigenvalue weighted by atomic mass is 10.3. The van der Waals surface area contributed by atoms with E-state index in [0.29, 0.717) is 19.8 Å². The Bertz CT molecular complexity index is 396. The number of hydrogen-bond acceptors (Lipinski definition) is 4. The molecule has 1 unspecified atom stereocenters. The summed E-state index contributed by atoms with van der Waals surface area (Å²) in [7, 11) is 3.47. The molecular weight excluding hydrogens is 373 g/mol. The van der Waals surface area contributed by atoms with Crippen LogP contribution in [0.5, 0.6) is 0 Å². The topological polar surface area (TPSA) is 59.2 Å². The molecule has 0 aliphatic carbocycles. The number of rotatable bonds is 4. The molecule has 0 bridgehead atoms. The van der Waals surface area contributed by atoms with Crippen molar-refractivity contribution in [3.63, 3.8) is 0 Å². The summed E-state index contributed by atoms with van der Waals surface area (Å²) in [4.78, 5) is 6.48. The van der Waals surface area contributed by atoms with E-state index in [9.17, 15) is 0 Å². The first-order valence-electron chi connectivity index (χ1n) is 6.42. The smallest absolute Gasteiger partial charge is 0.194 e. The first-order valence-corrected chi connectivity index (χ1v) is 6.42. The Balaban J connectivity index is 0.00000200. The van der Waals surface area contributed by atoms with Gasteiger partial charge in [-0.15, -0.1) is 24.0 Å². The summed E-state index contributed by atoms with van der Waals surface area (Å²) in [5.41, 5.74) is 0. The van der Waals surface area contributed by atoms with Crippen LogP contribution in [0.1, 0.15) is 5.76 Å². The Kier molecular flexibility index (Phi) is 7.93. The SMILES string of the molecule is CN=C(NCc1ccco1)N1CCOC(COC)C1.I. The van der Waals surface area contributed by atoms with Gasteiger partial charge >= 0.3 is 0 Å². The van der Waals surface area contributed by atoms with Crippen molar-refractivity contribution in [2.75, 3.05) is 40.5 Å². The summed E-state index contributed by atoms with van der Waals surface area (Å²) in [6.45, 7) is 3.54. The number of ether oxygens (including phenoxy) is 2. The van der Waals surface area contributed by atoms with Gasteiger partial charge in [0.25, 0.3) is 0 Å². The summed E-state index contributed by atoms with van der Waals surface area (Å²) < 4.78 is 16.1. The molecule has 0 spiro atoms. The molecule has 1 N–H and O–H groups in total. The number of hydrogen-bond donors (Lipinski definition) is 1. The monoisotopic (exact) mass is 395 g/mol. The molecule has 1 aliphatic rings. The van der Waals surface area contributed by atoms with Gasteiger partial charge in [-0.2, -0.15) is 0 Å². The zero-order chi connectivity index (χ0) is 13.5. The molecule has 1 atom stereocenters. The van der Waals surface area contributed by atoms with Gasteiger partial charge in [0.15, 0.2) is 5.96 Å². The van der Waals surface area contributed by atoms with Crippen molar-refractivity contribution in [1.82, 2.24) is 10.2 Å². The van der Waals surface area contributed by atoms with Gasteiger partial charge in [0.2, 0.25) is 0 Å². The van der Waals surface area contributed by atoms with Gasteiger partial charge < -0.3 is 24.1 Å². The van der Waals surface area contributed by atoms with E-state index in [0.717, 1.165) is 24.8 Å². The van der Waals surface area contributed by atoms with Crippen molar-refractivity contribution < 1.29 is 13.9 Å². The maximum Gasteiger partial charge on any atom is 0.194 e. The van der Waals surface area contributed by atoms with Crippen LogP contribution in [-0.4, -0.2) is 57.4 Å². The molecule has 6 nitrogen and oxygen atoms in total. The van der Waals surface area contributed by atoms with Crippen molar-refractivity contribution in [3.8, 4) is 0 Å². The summed E-state index contributed by atoms with van der Waals surface area (Å²) in [5, 5.41) is 3.29. The normalized spacial score (nSPS) is 19.6. The fourth-order valence-electron chi connectivity index (χ4n) is 2.11. The van der Waals surface area contributed by atoms with Gasteiger partial charge in [-0.05, 0) is 12.1 Å². The van der Waals surface area contributed by atoms with Crippen LogP contribution in [0.2, 0.25) is 0 Å². The highest BCUT2D eigenvalue weighted by Crippen LogP contribution is 2.06. The Hall–Kier alpha value is -0.800. The van der Waals surface area contributed by atoms with Crippen LogP contribution in [-0.2, 0) is 16.0 Å². The van der Waals surface area contributed by atoms with Gasteiger partial charge in [-0.3, -0.25) is 4.99 Å². The molecule has 2 heterocycles. The molecule has 1 aromatic rings. The van der Waals surface area contributed by atoms with Crippen molar-refractivity contribution in [2.24, 2.45) is 4.99 Å². The highest BCUT2D eigenvalue weighted by Gasteiger charge is 2.22. The van der Waals surface area contributed by atoms with Crippen LogP contribution in [0.15, 0.2) is 27.8 Å². The van der Waals surface area contributed by atoms with Gasteiger partial charge in [0.1, 0.15) is 5.76 Å². The van der Waals surface area contributed by atoms with E-state index in [-0.39, 0.29) is 30.1 Å². The van der Waals surface area contributed by atoms with E-state index in [1.165, 1.54) is 0 Å². The van der Waals surface area contributed by atoms with Gasteiger partial charge in [0, 0.05) is 27.2 Å². The third-order valence-corrected chi connectivity index (χ3v) is 3.00. The number of methoxy groups -OCH3 is 1. The minimum absolute atomic E-state index is 0. The number of furan rings is 1. The molecule has 2 rings (SSSR count). The first kappa shape index (κ1) is 17.3. The van der Waals surface area contributed by atoms with E-state index in [4.69, 9.17) is 13.9 Å². The second-order valence-electron chi connectivity index (χ2n) is 4.37. The predicted molar refractivity (Wildman–Crippen MR) is 87.5 cm³/mol. The third-order valence-electron chi connectivity index (χ3n) is 3.00. The van der Waals surface area contributed by atoms with Gasteiger partial charge in [-0.1, -0.05) is 0 Å². The number of nitrogens with zero attached hydrogens (tertiary/aromatic N) is 2. The number of aliphatic imine (C=N–C) groups is 1. The zero-order valence-electron chi connectivity index (χ0n) is 11.9. The number of morpholine rings is 1. The maximum atomic E-state index is 5.63. The van der Waals surface area contributed by atoms with Crippen LogP contribution < -0.4 is 5.32 Å². The molecule has 20 heavy (non-hydrogen) atoms. The molecule has 1 aliphatic heterocycles. The second kappa shape index (κ2) is 9.19. The van der Waals surface area contributed by atoms with Crippen LogP contribution >= 0.6 is 24.0 Å². The Labute approximate surface area is 136 Å². The highest BCUT2D eigenvalue weighted by molar-refractivity contribution is 14.0. The lowest BCUT2D eigenvalue weighted by Crippen LogP contribution is -2.51. The molecule has 0 saturated carbocycles.